The Kier molecular flexibility index (Phi) is 3.77. The first-order valence-corrected chi connectivity index (χ1v) is 5.57. The van der Waals surface area contributed by atoms with Gasteiger partial charge in [-0.2, -0.15) is 4.80 Å². The van der Waals surface area contributed by atoms with Gasteiger partial charge in [0.25, 0.3) is 0 Å². The standard InChI is InChI=1S/C11H16N6/c1-12-10(7-9-3-5-13-6-4-9)8-11-14-16-17(2)15-11/h3-6,10,12H,7-8H2,1-2H3. The second kappa shape index (κ2) is 5.49. The molecule has 0 aromatic carbocycles. The Labute approximate surface area is 100 Å². The van der Waals surface area contributed by atoms with Gasteiger partial charge in [-0.05, 0) is 36.4 Å². The van der Waals surface area contributed by atoms with Crippen molar-refractivity contribution in [3.05, 3.63) is 35.9 Å². The molecule has 2 aromatic rings. The number of likely N-dealkylation sites (N-methyl/N-ethyl adjacent to an activating group) is 1. The fourth-order valence-corrected chi connectivity index (χ4v) is 1.71. The fourth-order valence-electron chi connectivity index (χ4n) is 1.71. The molecule has 0 amide bonds. The Morgan fingerprint density at radius 1 is 1.29 bits per heavy atom. The molecule has 0 aliphatic heterocycles. The predicted molar refractivity (Wildman–Crippen MR) is 63.3 cm³/mol. The van der Waals surface area contributed by atoms with E-state index in [1.807, 2.05) is 31.6 Å². The number of nitrogens with zero attached hydrogens (tertiary/aromatic N) is 5. The Hall–Kier alpha value is -1.82. The summed E-state index contributed by atoms with van der Waals surface area (Å²) in [5.41, 5.74) is 1.25. The van der Waals surface area contributed by atoms with Gasteiger partial charge in [0.2, 0.25) is 0 Å². The van der Waals surface area contributed by atoms with E-state index in [1.165, 1.54) is 10.4 Å². The number of rotatable bonds is 5. The molecule has 0 fully saturated rings. The molecule has 6 nitrogen and oxygen atoms in total. The lowest BCUT2D eigenvalue weighted by atomic mass is 10.0. The molecule has 2 heterocycles. The van der Waals surface area contributed by atoms with Gasteiger partial charge in [-0.1, -0.05) is 0 Å². The molecule has 2 rings (SSSR count). The lowest BCUT2D eigenvalue weighted by Gasteiger charge is -2.13. The summed E-state index contributed by atoms with van der Waals surface area (Å²) in [4.78, 5) is 5.49. The number of aromatic nitrogens is 5. The number of tetrazole rings is 1. The summed E-state index contributed by atoms with van der Waals surface area (Å²) in [6.07, 6.45) is 5.31. The number of pyridine rings is 1. The average Bonchev–Trinajstić information content (AvgIpc) is 2.75. The highest BCUT2D eigenvalue weighted by molar-refractivity contribution is 5.11. The van der Waals surface area contributed by atoms with Crippen molar-refractivity contribution in [2.24, 2.45) is 7.05 Å². The van der Waals surface area contributed by atoms with E-state index >= 15 is 0 Å². The van der Waals surface area contributed by atoms with Crippen LogP contribution >= 0.6 is 0 Å². The number of hydrogen-bond acceptors (Lipinski definition) is 5. The van der Waals surface area contributed by atoms with Gasteiger partial charge >= 0.3 is 0 Å². The maximum absolute atomic E-state index is 4.18. The molecule has 17 heavy (non-hydrogen) atoms. The number of aryl methyl sites for hydroxylation is 1. The molecule has 0 radical (unpaired) electrons. The lowest BCUT2D eigenvalue weighted by molar-refractivity contribution is 0.540. The van der Waals surface area contributed by atoms with E-state index in [0.717, 1.165) is 18.7 Å². The Morgan fingerprint density at radius 3 is 2.65 bits per heavy atom. The van der Waals surface area contributed by atoms with Gasteiger partial charge < -0.3 is 5.32 Å². The van der Waals surface area contributed by atoms with Crippen molar-refractivity contribution in [2.45, 2.75) is 18.9 Å². The van der Waals surface area contributed by atoms with E-state index in [2.05, 4.69) is 25.7 Å². The second-order valence-corrected chi connectivity index (χ2v) is 3.94. The number of nitrogens with one attached hydrogen (secondary N) is 1. The topological polar surface area (TPSA) is 68.5 Å². The molecular weight excluding hydrogens is 216 g/mol. The Morgan fingerprint density at radius 2 is 2.06 bits per heavy atom. The van der Waals surface area contributed by atoms with Crippen LogP contribution in [0, 0.1) is 0 Å². The third-order valence-corrected chi connectivity index (χ3v) is 2.62. The van der Waals surface area contributed by atoms with Crippen LogP contribution in [0.15, 0.2) is 24.5 Å². The van der Waals surface area contributed by atoms with E-state index in [0.29, 0.717) is 6.04 Å². The molecule has 1 N–H and O–H groups in total. The molecule has 0 aliphatic carbocycles. The zero-order valence-electron chi connectivity index (χ0n) is 10.0. The van der Waals surface area contributed by atoms with Gasteiger partial charge in [0.05, 0.1) is 7.05 Å². The molecule has 6 heteroatoms. The summed E-state index contributed by atoms with van der Waals surface area (Å²) in [7, 11) is 3.72. The molecule has 1 atom stereocenters. The summed E-state index contributed by atoms with van der Waals surface area (Å²) >= 11 is 0. The van der Waals surface area contributed by atoms with Crippen molar-refractivity contribution in [3.63, 3.8) is 0 Å². The highest BCUT2D eigenvalue weighted by atomic mass is 15.6. The van der Waals surface area contributed by atoms with Crippen LogP contribution in [0.1, 0.15) is 11.4 Å². The van der Waals surface area contributed by atoms with Gasteiger partial charge in [0.1, 0.15) is 0 Å². The first-order chi connectivity index (χ1) is 8.28. The summed E-state index contributed by atoms with van der Waals surface area (Å²) in [6, 6.07) is 4.35. The van der Waals surface area contributed by atoms with Crippen molar-refractivity contribution >= 4 is 0 Å². The van der Waals surface area contributed by atoms with Crippen LogP contribution in [0.4, 0.5) is 0 Å². The van der Waals surface area contributed by atoms with Crippen LogP contribution in [0.3, 0.4) is 0 Å². The van der Waals surface area contributed by atoms with Crippen molar-refractivity contribution in [1.82, 2.24) is 30.5 Å². The highest BCUT2D eigenvalue weighted by Crippen LogP contribution is 2.04. The summed E-state index contributed by atoms with van der Waals surface area (Å²) < 4.78 is 0. The lowest BCUT2D eigenvalue weighted by Crippen LogP contribution is -2.30. The molecule has 0 saturated carbocycles. The zero-order chi connectivity index (χ0) is 12.1. The summed E-state index contributed by atoms with van der Waals surface area (Å²) in [5, 5.41) is 15.3. The monoisotopic (exact) mass is 232 g/mol. The van der Waals surface area contributed by atoms with Crippen LogP contribution in [-0.2, 0) is 19.9 Å². The number of hydrogen-bond donors (Lipinski definition) is 1. The van der Waals surface area contributed by atoms with Crippen LogP contribution in [0.2, 0.25) is 0 Å². The first-order valence-electron chi connectivity index (χ1n) is 5.57. The third kappa shape index (κ3) is 3.32. The van der Waals surface area contributed by atoms with E-state index in [-0.39, 0.29) is 0 Å². The maximum Gasteiger partial charge on any atom is 0.176 e. The molecule has 0 aliphatic rings. The van der Waals surface area contributed by atoms with E-state index < -0.39 is 0 Å². The van der Waals surface area contributed by atoms with Gasteiger partial charge in [-0.15, -0.1) is 10.2 Å². The predicted octanol–water partition coefficient (Wildman–Crippen LogP) is -0.0217. The molecule has 0 bridgehead atoms. The molecule has 2 aromatic heterocycles. The van der Waals surface area contributed by atoms with Crippen molar-refractivity contribution in [2.75, 3.05) is 7.05 Å². The quantitative estimate of drug-likeness (QED) is 0.784. The van der Waals surface area contributed by atoms with Gasteiger partial charge in [-0.3, -0.25) is 4.98 Å². The van der Waals surface area contributed by atoms with Crippen molar-refractivity contribution < 1.29 is 0 Å². The second-order valence-electron chi connectivity index (χ2n) is 3.94. The molecule has 90 valence electrons. The van der Waals surface area contributed by atoms with Crippen LogP contribution in [0.5, 0.6) is 0 Å². The van der Waals surface area contributed by atoms with Gasteiger partial charge in [0, 0.05) is 24.9 Å². The third-order valence-electron chi connectivity index (χ3n) is 2.62. The average molecular weight is 232 g/mol. The SMILES string of the molecule is CNC(Cc1ccncc1)Cc1nnn(C)n1. The van der Waals surface area contributed by atoms with Gasteiger partial charge in [0.15, 0.2) is 5.82 Å². The molecule has 0 spiro atoms. The normalized spacial score (nSPS) is 12.6. The molecular formula is C11H16N6. The largest absolute Gasteiger partial charge is 0.316 e. The minimum Gasteiger partial charge on any atom is -0.316 e. The highest BCUT2D eigenvalue weighted by Gasteiger charge is 2.11. The van der Waals surface area contributed by atoms with Crippen LogP contribution in [-0.4, -0.2) is 38.3 Å². The van der Waals surface area contributed by atoms with Crippen molar-refractivity contribution in [3.8, 4) is 0 Å². The summed E-state index contributed by atoms with van der Waals surface area (Å²) in [5.74, 6) is 0.765. The fraction of sp³-hybridized carbons (Fsp3) is 0.455. The Bertz CT molecular complexity index is 452. The zero-order valence-corrected chi connectivity index (χ0v) is 10.0. The smallest absolute Gasteiger partial charge is 0.176 e. The molecule has 0 saturated heterocycles. The van der Waals surface area contributed by atoms with Crippen molar-refractivity contribution in [1.29, 1.82) is 0 Å². The minimum atomic E-state index is 0.307. The Balaban J connectivity index is 1.98. The first kappa shape index (κ1) is 11.7. The maximum atomic E-state index is 4.18. The molecule has 1 unspecified atom stereocenters. The van der Waals surface area contributed by atoms with Crippen LogP contribution < -0.4 is 5.32 Å². The van der Waals surface area contributed by atoms with E-state index in [1.54, 1.807) is 7.05 Å². The minimum absolute atomic E-state index is 0.307. The summed E-state index contributed by atoms with van der Waals surface area (Å²) in [6.45, 7) is 0. The van der Waals surface area contributed by atoms with Gasteiger partial charge in [-0.25, -0.2) is 0 Å². The van der Waals surface area contributed by atoms with Crippen LogP contribution in [0.25, 0.3) is 0 Å². The van der Waals surface area contributed by atoms with E-state index in [4.69, 9.17) is 0 Å². The van der Waals surface area contributed by atoms with E-state index in [9.17, 15) is 0 Å².